The second kappa shape index (κ2) is 24.1. The van der Waals surface area contributed by atoms with Crippen molar-refractivity contribution in [3.05, 3.63) is 35.4 Å². The maximum atomic E-state index is 12.6. The third kappa shape index (κ3) is 15.1. The molecule has 12 nitrogen and oxygen atoms in total. The Kier molecular flexibility index (Phi) is 20.7. The lowest BCUT2D eigenvalue weighted by molar-refractivity contribution is 0.00524. The van der Waals surface area contributed by atoms with Gasteiger partial charge in [-0.1, -0.05) is 65.2 Å². The van der Waals surface area contributed by atoms with Crippen molar-refractivity contribution < 1.29 is 48.2 Å². The number of unbranched alkanes of at least 4 members (excludes halogenated alkanes) is 2. The molecule has 0 atom stereocenters. The molecule has 2 aliphatic rings. The van der Waals surface area contributed by atoms with Crippen molar-refractivity contribution in [2.75, 3.05) is 54.7 Å². The van der Waals surface area contributed by atoms with Gasteiger partial charge in [0.25, 0.3) is 11.1 Å². The Morgan fingerprint density at radius 1 is 0.679 bits per heavy atom. The highest BCUT2D eigenvalue weighted by molar-refractivity contribution is 6.67. The van der Waals surface area contributed by atoms with E-state index >= 15 is 0 Å². The zero-order valence-electron chi connectivity index (χ0n) is 32.7. The quantitative estimate of drug-likeness (QED) is 0.0949. The number of hydrogen-bond donors (Lipinski definition) is 4. The molecule has 2 fully saturated rings. The van der Waals surface area contributed by atoms with Crippen LogP contribution in [0.25, 0.3) is 0 Å². The molecule has 0 aromatic heterocycles. The van der Waals surface area contributed by atoms with Gasteiger partial charge in [0.05, 0.1) is 52.9 Å². The van der Waals surface area contributed by atoms with E-state index in [1.165, 1.54) is 34.9 Å². The van der Waals surface area contributed by atoms with Crippen molar-refractivity contribution in [1.29, 1.82) is 0 Å². The zero-order valence-corrected chi connectivity index (χ0v) is 33.4. The van der Waals surface area contributed by atoms with Crippen molar-refractivity contribution in [1.82, 2.24) is 5.32 Å². The van der Waals surface area contributed by atoms with E-state index in [0.717, 1.165) is 83.5 Å². The molecule has 2 aromatic rings. The first kappa shape index (κ1) is 45.7. The maximum Gasteiger partial charge on any atom is 0.252 e. The summed E-state index contributed by atoms with van der Waals surface area (Å²) in [5.74, 6) is 2.54. The summed E-state index contributed by atoms with van der Waals surface area (Å²) < 4.78 is 32.6. The standard InChI is InChI=1S/C20H31NO5.C13H17ClO4.C7H15NO/c1-4-5-11-26-18-16(24-2)12-15(13-17(18)25-3)19(22)21-14-20(23)9-7-6-8-10-20;1-4-5-6-18-12-10(16-2)7-9(13(14)15)8-11(12)17-3;8-6-7(9)4-2-1-3-5-7/h12-13,23H,4-11,14H2,1-3H3,(H,21,22);7-8H,4-6H2,1-3H3;9H,1-6,8H2. The summed E-state index contributed by atoms with van der Waals surface area (Å²) in [4.78, 5) is 23.7. The van der Waals surface area contributed by atoms with Crippen molar-refractivity contribution in [2.24, 2.45) is 5.73 Å². The monoisotopic (exact) mass is 766 g/mol. The normalized spacial score (nSPS) is 15.7. The molecule has 0 aliphatic heterocycles. The molecule has 2 aliphatic carbocycles. The summed E-state index contributed by atoms with van der Waals surface area (Å²) in [5.41, 5.74) is 4.82. The van der Waals surface area contributed by atoms with E-state index in [9.17, 15) is 19.8 Å². The lowest BCUT2D eigenvalue weighted by Crippen LogP contribution is -2.44. The van der Waals surface area contributed by atoms with Crippen LogP contribution in [0.5, 0.6) is 34.5 Å². The van der Waals surface area contributed by atoms with Crippen LogP contribution in [0.2, 0.25) is 0 Å². The van der Waals surface area contributed by atoms with Crippen LogP contribution in [0.4, 0.5) is 0 Å². The van der Waals surface area contributed by atoms with Gasteiger partial charge in [0.2, 0.25) is 11.5 Å². The highest BCUT2D eigenvalue weighted by Crippen LogP contribution is 2.40. The smallest absolute Gasteiger partial charge is 0.252 e. The van der Waals surface area contributed by atoms with E-state index in [-0.39, 0.29) is 12.5 Å². The van der Waals surface area contributed by atoms with Gasteiger partial charge >= 0.3 is 0 Å². The largest absolute Gasteiger partial charge is 0.493 e. The number of carbonyl (C=O) groups is 2. The first-order valence-corrected chi connectivity index (χ1v) is 19.2. The van der Waals surface area contributed by atoms with Crippen LogP contribution < -0.4 is 39.5 Å². The Labute approximate surface area is 320 Å². The van der Waals surface area contributed by atoms with Gasteiger partial charge in [-0.05, 0) is 74.4 Å². The zero-order chi connectivity index (χ0) is 39.3. The van der Waals surface area contributed by atoms with Gasteiger partial charge in [0.1, 0.15) is 0 Å². The highest BCUT2D eigenvalue weighted by Gasteiger charge is 2.30. The van der Waals surface area contributed by atoms with Gasteiger partial charge in [-0.3, -0.25) is 9.59 Å². The average Bonchev–Trinajstić information content (AvgIpc) is 3.18. The van der Waals surface area contributed by atoms with Crippen molar-refractivity contribution >= 4 is 22.8 Å². The van der Waals surface area contributed by atoms with Gasteiger partial charge in [-0.25, -0.2) is 0 Å². The topological polar surface area (TPSA) is 168 Å². The number of methoxy groups -OCH3 is 4. The minimum absolute atomic E-state index is 0.255. The Morgan fingerprint density at radius 2 is 1.06 bits per heavy atom. The molecule has 300 valence electrons. The summed E-state index contributed by atoms with van der Waals surface area (Å²) in [6.45, 7) is 5.98. The van der Waals surface area contributed by atoms with Crippen molar-refractivity contribution in [3.63, 3.8) is 0 Å². The molecular weight excluding hydrogens is 704 g/mol. The third-order valence-corrected chi connectivity index (χ3v) is 9.64. The average molecular weight is 767 g/mol. The van der Waals surface area contributed by atoms with E-state index in [1.54, 1.807) is 24.3 Å². The minimum Gasteiger partial charge on any atom is -0.493 e. The van der Waals surface area contributed by atoms with Crippen LogP contribution in [0, 0.1) is 0 Å². The van der Waals surface area contributed by atoms with Gasteiger partial charge in [-0.15, -0.1) is 0 Å². The Bertz CT molecular complexity index is 1340. The van der Waals surface area contributed by atoms with Crippen LogP contribution in [-0.4, -0.2) is 87.3 Å². The molecule has 4 rings (SSSR count). The fraction of sp³-hybridized carbons (Fsp3) is 0.650. The first-order valence-electron chi connectivity index (χ1n) is 18.8. The van der Waals surface area contributed by atoms with E-state index in [2.05, 4.69) is 19.2 Å². The Balaban J connectivity index is 0.000000309. The molecule has 0 bridgehead atoms. The van der Waals surface area contributed by atoms with Gasteiger partial charge in [0.15, 0.2) is 23.0 Å². The number of hydrogen-bond acceptors (Lipinski definition) is 11. The molecule has 5 N–H and O–H groups in total. The number of aliphatic hydroxyl groups is 2. The van der Waals surface area contributed by atoms with E-state index < -0.39 is 16.4 Å². The van der Waals surface area contributed by atoms with E-state index in [0.29, 0.717) is 65.4 Å². The first-order chi connectivity index (χ1) is 25.4. The lowest BCUT2D eigenvalue weighted by atomic mass is 9.85. The molecule has 0 spiro atoms. The number of ether oxygens (including phenoxy) is 6. The molecule has 13 heteroatoms. The van der Waals surface area contributed by atoms with E-state index in [1.807, 2.05) is 0 Å². The molecule has 1 amide bonds. The number of carbonyl (C=O) groups excluding carboxylic acids is 2. The molecule has 0 heterocycles. The number of rotatable bonds is 17. The number of benzene rings is 2. The minimum atomic E-state index is -0.800. The summed E-state index contributed by atoms with van der Waals surface area (Å²) in [5, 5.41) is 22.4. The molecular formula is C40H63ClN2O10. The number of nitrogens with two attached hydrogens (primary N) is 1. The third-order valence-electron chi connectivity index (χ3n) is 9.43. The fourth-order valence-electron chi connectivity index (χ4n) is 6.07. The van der Waals surface area contributed by atoms with Gasteiger partial charge in [-0.2, -0.15) is 0 Å². The summed E-state index contributed by atoms with van der Waals surface area (Å²) in [6.07, 6.45) is 13.9. The summed E-state index contributed by atoms with van der Waals surface area (Å²) in [7, 11) is 6.08. The van der Waals surface area contributed by atoms with Crippen LogP contribution in [0.1, 0.15) is 124 Å². The highest BCUT2D eigenvalue weighted by atomic mass is 35.5. The van der Waals surface area contributed by atoms with Crippen LogP contribution in [0.3, 0.4) is 0 Å². The lowest BCUT2D eigenvalue weighted by Gasteiger charge is -2.32. The second-order valence-electron chi connectivity index (χ2n) is 13.6. The van der Waals surface area contributed by atoms with E-state index in [4.69, 9.17) is 45.8 Å². The molecule has 0 unspecified atom stereocenters. The molecule has 0 radical (unpaired) electrons. The number of halogens is 1. The number of amides is 1. The predicted octanol–water partition coefficient (Wildman–Crippen LogP) is 7.21. The van der Waals surface area contributed by atoms with Crippen LogP contribution in [-0.2, 0) is 0 Å². The van der Waals surface area contributed by atoms with Crippen molar-refractivity contribution in [3.8, 4) is 34.5 Å². The van der Waals surface area contributed by atoms with Crippen LogP contribution in [0.15, 0.2) is 24.3 Å². The Hall–Kier alpha value is -3.45. The second-order valence-corrected chi connectivity index (χ2v) is 13.9. The molecule has 2 saturated carbocycles. The SMILES string of the molecule is CCCCOc1c(OC)cc(C(=O)Cl)cc1OC.CCCCOc1c(OC)cc(C(=O)NCC2(O)CCCCC2)cc1OC.NCC1(O)CCCCC1. The molecule has 53 heavy (non-hydrogen) atoms. The predicted molar refractivity (Wildman–Crippen MR) is 208 cm³/mol. The maximum absolute atomic E-state index is 12.6. The molecule has 0 saturated heterocycles. The van der Waals surface area contributed by atoms with Crippen molar-refractivity contribution in [2.45, 2.75) is 115 Å². The van der Waals surface area contributed by atoms with Gasteiger partial charge in [0, 0.05) is 24.2 Å². The molecule has 2 aromatic carbocycles. The fourth-order valence-corrected chi connectivity index (χ4v) is 6.18. The summed E-state index contributed by atoms with van der Waals surface area (Å²) in [6, 6.07) is 6.37. The Morgan fingerprint density at radius 3 is 1.38 bits per heavy atom. The van der Waals surface area contributed by atoms with Crippen LogP contribution >= 0.6 is 11.6 Å². The number of nitrogens with one attached hydrogen (secondary N) is 1. The summed E-state index contributed by atoms with van der Waals surface area (Å²) >= 11 is 5.45. The van der Waals surface area contributed by atoms with Gasteiger partial charge < -0.3 is 49.7 Å².